The van der Waals surface area contributed by atoms with E-state index >= 15 is 0 Å². The molecule has 0 aliphatic rings. The number of hydrazone groups is 1. The van der Waals surface area contributed by atoms with Gasteiger partial charge in [-0.1, -0.05) is 32.0 Å². The Morgan fingerprint density at radius 3 is 2.70 bits per heavy atom. The van der Waals surface area contributed by atoms with Crippen molar-refractivity contribution >= 4 is 11.6 Å². The van der Waals surface area contributed by atoms with Crippen LogP contribution in [0.25, 0.3) is 16.9 Å². The Hall–Kier alpha value is -3.48. The highest BCUT2D eigenvalue weighted by molar-refractivity contribution is 5.85. The van der Waals surface area contributed by atoms with Crippen LogP contribution in [0.3, 0.4) is 0 Å². The number of aromatic nitrogens is 2. The molecule has 0 aliphatic carbocycles. The molecule has 2 aromatic carbocycles. The van der Waals surface area contributed by atoms with E-state index in [4.69, 9.17) is 4.74 Å². The number of carbonyl (C=O) groups is 1. The molecular weight excluding hydrogens is 383 g/mol. The van der Waals surface area contributed by atoms with Crippen molar-refractivity contribution in [2.75, 3.05) is 6.61 Å². The summed E-state index contributed by atoms with van der Waals surface area (Å²) in [5, 5.41) is 8.42. The molecule has 3 aromatic rings. The fourth-order valence-corrected chi connectivity index (χ4v) is 3.08. The van der Waals surface area contributed by atoms with Gasteiger partial charge in [-0.25, -0.2) is 14.5 Å². The van der Waals surface area contributed by atoms with Crippen molar-refractivity contribution in [1.29, 1.82) is 0 Å². The molecule has 1 aromatic heterocycles. The summed E-state index contributed by atoms with van der Waals surface area (Å²) in [4.78, 5) is 12.1. The molecule has 30 heavy (non-hydrogen) atoms. The van der Waals surface area contributed by atoms with Crippen LogP contribution in [-0.2, 0) is 4.79 Å². The predicted octanol–water partition coefficient (Wildman–Crippen LogP) is 4.60. The molecule has 0 bridgehead atoms. The molecular formula is C23H25FN4O2. The SMILES string of the molecule is C/C(CC(C)C)=N/NC(=O)COc1ccc(F)cc1-c1ccnn1-c1ccccc1. The first-order valence-electron chi connectivity index (χ1n) is 9.78. The maximum absolute atomic E-state index is 14.0. The lowest BCUT2D eigenvalue weighted by Crippen LogP contribution is -2.25. The topological polar surface area (TPSA) is 68.5 Å². The van der Waals surface area contributed by atoms with Gasteiger partial charge in [-0.05, 0) is 55.7 Å². The van der Waals surface area contributed by atoms with Crippen LogP contribution in [0.5, 0.6) is 5.75 Å². The van der Waals surface area contributed by atoms with Gasteiger partial charge in [0.05, 0.1) is 17.6 Å². The summed E-state index contributed by atoms with van der Waals surface area (Å²) in [6, 6.07) is 15.5. The van der Waals surface area contributed by atoms with Crippen LogP contribution >= 0.6 is 0 Å². The minimum Gasteiger partial charge on any atom is -0.483 e. The van der Waals surface area contributed by atoms with E-state index < -0.39 is 5.82 Å². The summed E-state index contributed by atoms with van der Waals surface area (Å²) in [6.07, 6.45) is 2.43. The van der Waals surface area contributed by atoms with Crippen LogP contribution in [0.15, 0.2) is 65.9 Å². The third-order valence-electron chi connectivity index (χ3n) is 4.29. The third kappa shape index (κ3) is 5.53. The minimum atomic E-state index is -0.406. The zero-order chi connectivity index (χ0) is 21.5. The summed E-state index contributed by atoms with van der Waals surface area (Å²) >= 11 is 0. The van der Waals surface area contributed by atoms with Crippen LogP contribution < -0.4 is 10.2 Å². The molecule has 1 heterocycles. The van der Waals surface area contributed by atoms with Gasteiger partial charge in [-0.2, -0.15) is 10.2 Å². The van der Waals surface area contributed by atoms with E-state index in [0.29, 0.717) is 22.9 Å². The molecule has 6 nitrogen and oxygen atoms in total. The minimum absolute atomic E-state index is 0.240. The molecule has 0 radical (unpaired) electrons. The molecule has 1 N–H and O–H groups in total. The van der Waals surface area contributed by atoms with Crippen molar-refractivity contribution in [2.45, 2.75) is 27.2 Å². The Bertz CT molecular complexity index is 1030. The molecule has 1 amide bonds. The highest BCUT2D eigenvalue weighted by Gasteiger charge is 2.15. The van der Waals surface area contributed by atoms with Gasteiger partial charge in [0, 0.05) is 11.3 Å². The summed E-state index contributed by atoms with van der Waals surface area (Å²) < 4.78 is 21.4. The van der Waals surface area contributed by atoms with Gasteiger partial charge in [0.1, 0.15) is 11.6 Å². The Kier molecular flexibility index (Phi) is 6.95. The molecule has 0 saturated heterocycles. The standard InChI is InChI=1S/C23H25FN4O2/c1-16(2)13-17(3)26-27-23(29)15-30-22-10-9-18(24)14-20(22)21-11-12-25-28(21)19-7-5-4-6-8-19/h4-12,14,16H,13,15H2,1-3H3,(H,27,29)/b26-17-. The van der Waals surface area contributed by atoms with Gasteiger partial charge in [0.2, 0.25) is 0 Å². The highest BCUT2D eigenvalue weighted by Crippen LogP contribution is 2.32. The van der Waals surface area contributed by atoms with E-state index in [-0.39, 0.29) is 12.5 Å². The second-order valence-corrected chi connectivity index (χ2v) is 7.37. The molecule has 3 rings (SSSR count). The first-order valence-corrected chi connectivity index (χ1v) is 9.78. The van der Waals surface area contributed by atoms with E-state index in [1.54, 1.807) is 16.9 Å². The van der Waals surface area contributed by atoms with Gasteiger partial charge >= 0.3 is 0 Å². The number of nitrogens with zero attached hydrogens (tertiary/aromatic N) is 3. The number of benzene rings is 2. The monoisotopic (exact) mass is 408 g/mol. The Morgan fingerprint density at radius 1 is 1.20 bits per heavy atom. The number of hydrogen-bond acceptors (Lipinski definition) is 4. The molecule has 0 saturated carbocycles. The van der Waals surface area contributed by atoms with Crippen molar-refractivity contribution in [3.05, 3.63) is 66.6 Å². The zero-order valence-corrected chi connectivity index (χ0v) is 17.3. The van der Waals surface area contributed by atoms with E-state index in [1.807, 2.05) is 37.3 Å². The maximum atomic E-state index is 14.0. The average Bonchev–Trinajstić information content (AvgIpc) is 3.21. The smallest absolute Gasteiger partial charge is 0.277 e. The van der Waals surface area contributed by atoms with Crippen molar-refractivity contribution in [1.82, 2.24) is 15.2 Å². The highest BCUT2D eigenvalue weighted by atomic mass is 19.1. The second-order valence-electron chi connectivity index (χ2n) is 7.37. The molecule has 0 spiro atoms. The predicted molar refractivity (Wildman–Crippen MR) is 115 cm³/mol. The second kappa shape index (κ2) is 9.82. The maximum Gasteiger partial charge on any atom is 0.277 e. The quantitative estimate of drug-likeness (QED) is 0.438. The van der Waals surface area contributed by atoms with Crippen LogP contribution in [0.1, 0.15) is 27.2 Å². The first-order chi connectivity index (χ1) is 14.4. The number of nitrogens with one attached hydrogen (secondary N) is 1. The van der Waals surface area contributed by atoms with Crippen LogP contribution in [0.4, 0.5) is 4.39 Å². The summed E-state index contributed by atoms with van der Waals surface area (Å²) in [5.41, 5.74) is 5.33. The molecule has 0 fully saturated rings. The molecule has 0 aliphatic heterocycles. The summed E-state index contributed by atoms with van der Waals surface area (Å²) in [7, 11) is 0. The van der Waals surface area contributed by atoms with E-state index in [0.717, 1.165) is 17.8 Å². The zero-order valence-electron chi connectivity index (χ0n) is 17.3. The Labute approximate surface area is 175 Å². The Balaban J connectivity index is 1.78. The van der Waals surface area contributed by atoms with Crippen LogP contribution in [-0.4, -0.2) is 28.0 Å². The fraction of sp³-hybridized carbons (Fsp3) is 0.261. The van der Waals surface area contributed by atoms with Crippen LogP contribution in [0.2, 0.25) is 0 Å². The number of ether oxygens (including phenoxy) is 1. The molecule has 156 valence electrons. The van der Waals surface area contributed by atoms with E-state index in [1.165, 1.54) is 18.2 Å². The lowest BCUT2D eigenvalue weighted by atomic mass is 10.1. The number of carbonyl (C=O) groups excluding carboxylic acids is 1. The van der Waals surface area contributed by atoms with Crippen molar-refractivity contribution in [3.8, 4) is 22.7 Å². The van der Waals surface area contributed by atoms with E-state index in [2.05, 4.69) is 29.5 Å². The largest absolute Gasteiger partial charge is 0.483 e. The number of halogens is 1. The molecule has 0 atom stereocenters. The first kappa shape index (κ1) is 21.2. The van der Waals surface area contributed by atoms with Gasteiger partial charge in [0.15, 0.2) is 6.61 Å². The van der Waals surface area contributed by atoms with Crippen LogP contribution in [0, 0.1) is 11.7 Å². The lowest BCUT2D eigenvalue weighted by Gasteiger charge is -2.13. The lowest BCUT2D eigenvalue weighted by molar-refractivity contribution is -0.123. The van der Waals surface area contributed by atoms with Crippen molar-refractivity contribution in [2.24, 2.45) is 11.0 Å². The van der Waals surface area contributed by atoms with Gasteiger partial charge in [0.25, 0.3) is 5.91 Å². The number of rotatable bonds is 8. The number of amides is 1. The third-order valence-corrected chi connectivity index (χ3v) is 4.29. The number of para-hydroxylation sites is 1. The van der Waals surface area contributed by atoms with Gasteiger partial charge < -0.3 is 4.74 Å². The van der Waals surface area contributed by atoms with Gasteiger partial charge in [-0.15, -0.1) is 0 Å². The van der Waals surface area contributed by atoms with Crippen molar-refractivity contribution in [3.63, 3.8) is 0 Å². The van der Waals surface area contributed by atoms with E-state index in [9.17, 15) is 9.18 Å². The van der Waals surface area contributed by atoms with Gasteiger partial charge in [-0.3, -0.25) is 4.79 Å². The normalized spacial score (nSPS) is 11.6. The molecule has 7 heteroatoms. The Morgan fingerprint density at radius 2 is 1.97 bits per heavy atom. The van der Waals surface area contributed by atoms with Crippen molar-refractivity contribution < 1.29 is 13.9 Å². The summed E-state index contributed by atoms with van der Waals surface area (Å²) in [5.74, 6) is 0.0479. The number of hydrogen-bond donors (Lipinski definition) is 1. The fourth-order valence-electron chi connectivity index (χ4n) is 3.08. The molecule has 0 unspecified atom stereocenters. The average molecular weight is 408 g/mol. The summed E-state index contributed by atoms with van der Waals surface area (Å²) in [6.45, 7) is 5.79.